The highest BCUT2D eigenvalue weighted by molar-refractivity contribution is 5.86. The average molecular weight is 527 g/mol. The second-order valence-electron chi connectivity index (χ2n) is 9.42. The molecule has 0 saturated carbocycles. The molecule has 1 unspecified atom stereocenters. The minimum atomic E-state index is -0.962. The van der Waals surface area contributed by atoms with Crippen molar-refractivity contribution >= 4 is 24.0 Å². The number of rotatable bonds is 11. The number of pyridine rings is 1. The number of anilines is 1. The number of amides is 2. The van der Waals surface area contributed by atoms with Gasteiger partial charge < -0.3 is 24.6 Å². The van der Waals surface area contributed by atoms with E-state index in [0.717, 1.165) is 62.1 Å². The molecule has 11 heteroatoms. The molecule has 1 fully saturated rings. The van der Waals surface area contributed by atoms with Crippen LogP contribution in [0.4, 0.5) is 15.4 Å². The summed E-state index contributed by atoms with van der Waals surface area (Å²) in [6, 6.07) is 12.3. The molecule has 4 rings (SSSR count). The Bertz CT molecular complexity index is 1110. The van der Waals surface area contributed by atoms with Crippen molar-refractivity contribution < 1.29 is 33.7 Å². The van der Waals surface area contributed by atoms with Gasteiger partial charge in [-0.1, -0.05) is 36.4 Å². The molecular formula is C27H34N4O7. The molecule has 1 saturated heterocycles. The number of nitrogens with zero attached hydrogens (tertiary/aromatic N) is 3. The Hall–Kier alpha value is -3.70. The summed E-state index contributed by atoms with van der Waals surface area (Å²) in [7, 11) is 1.26. The van der Waals surface area contributed by atoms with Crippen LogP contribution in [-0.2, 0) is 38.5 Å². The van der Waals surface area contributed by atoms with Crippen molar-refractivity contribution in [1.29, 1.82) is 0 Å². The third kappa shape index (κ3) is 7.42. The van der Waals surface area contributed by atoms with Crippen LogP contribution in [-0.4, -0.2) is 85.2 Å². The molecule has 2 amide bonds. The number of nitrogens with one attached hydrogen (secondary N) is 1. The van der Waals surface area contributed by atoms with E-state index in [-0.39, 0.29) is 19.3 Å². The van der Waals surface area contributed by atoms with Gasteiger partial charge in [-0.2, -0.15) is 0 Å². The van der Waals surface area contributed by atoms with Crippen LogP contribution < -0.4 is 10.2 Å². The number of alkyl carbamates (subject to hydrolysis) is 1. The van der Waals surface area contributed by atoms with Crippen molar-refractivity contribution in [1.82, 2.24) is 15.2 Å². The number of carbonyl (C=O) groups excluding carboxylic acids is 2. The number of ether oxygens (including phenoxy) is 3. The first kappa shape index (κ1) is 27.3. The van der Waals surface area contributed by atoms with Crippen molar-refractivity contribution in [3.8, 4) is 0 Å². The number of hydrogen-bond donors (Lipinski definition) is 2. The van der Waals surface area contributed by atoms with Crippen LogP contribution in [0.15, 0.2) is 42.5 Å². The fourth-order valence-corrected chi connectivity index (χ4v) is 4.55. The summed E-state index contributed by atoms with van der Waals surface area (Å²) in [5.74, 6) is -0.0340. The molecule has 204 valence electrons. The molecule has 2 aliphatic heterocycles. The highest BCUT2D eigenvalue weighted by Crippen LogP contribution is 2.26. The molecule has 1 aromatic carbocycles. The number of methoxy groups -OCH3 is 1. The SMILES string of the molecule is COC(=O)C(COC1CN(CCCc2ccc3c(n2)N(C(=O)O)CCC3)C1)NC(=O)OCc1ccccc1. The molecule has 1 atom stereocenters. The van der Waals surface area contributed by atoms with Gasteiger partial charge in [0.1, 0.15) is 12.4 Å². The summed E-state index contributed by atoms with van der Waals surface area (Å²) < 4.78 is 15.8. The summed E-state index contributed by atoms with van der Waals surface area (Å²) in [4.78, 5) is 43.9. The fourth-order valence-electron chi connectivity index (χ4n) is 4.55. The number of fused-ring (bicyclic) bond motifs is 1. The van der Waals surface area contributed by atoms with Crippen LogP contribution in [0.1, 0.15) is 29.7 Å². The predicted molar refractivity (Wildman–Crippen MR) is 138 cm³/mol. The van der Waals surface area contributed by atoms with Gasteiger partial charge in [0.05, 0.1) is 19.8 Å². The molecule has 1 aromatic heterocycles. The first-order chi connectivity index (χ1) is 18.4. The van der Waals surface area contributed by atoms with Crippen molar-refractivity contribution in [2.45, 2.75) is 44.4 Å². The Balaban J connectivity index is 1.15. The lowest BCUT2D eigenvalue weighted by Crippen LogP contribution is -2.54. The van der Waals surface area contributed by atoms with E-state index in [2.05, 4.69) is 15.2 Å². The fraction of sp³-hybridized carbons (Fsp3) is 0.481. The van der Waals surface area contributed by atoms with Gasteiger partial charge in [0, 0.05) is 25.3 Å². The van der Waals surface area contributed by atoms with E-state index in [1.165, 1.54) is 12.0 Å². The van der Waals surface area contributed by atoms with Gasteiger partial charge in [-0.05, 0) is 49.4 Å². The lowest BCUT2D eigenvalue weighted by molar-refractivity contribution is -0.146. The normalized spacial score (nSPS) is 16.2. The molecule has 2 N–H and O–H groups in total. The Kier molecular flexibility index (Phi) is 9.50. The Morgan fingerprint density at radius 2 is 1.95 bits per heavy atom. The number of aryl methyl sites for hydroxylation is 2. The maximum Gasteiger partial charge on any atom is 0.413 e. The monoisotopic (exact) mass is 526 g/mol. The number of carboxylic acid groups (broad SMARTS) is 1. The van der Waals surface area contributed by atoms with E-state index < -0.39 is 24.2 Å². The molecule has 0 aliphatic carbocycles. The zero-order valence-electron chi connectivity index (χ0n) is 21.5. The Labute approximate surface area is 221 Å². The van der Waals surface area contributed by atoms with Crippen LogP contribution in [0, 0.1) is 0 Å². The lowest BCUT2D eigenvalue weighted by atomic mass is 10.0. The van der Waals surface area contributed by atoms with E-state index in [1.807, 2.05) is 42.5 Å². The van der Waals surface area contributed by atoms with E-state index in [4.69, 9.17) is 14.2 Å². The standard InChI is InChI=1S/C27H34N4O7/c1-36-25(32)23(29-26(33)38-17-19-7-3-2-4-8-19)18-37-22-15-30(16-22)13-6-10-21-12-11-20-9-5-14-31(27(34)35)24(20)28-21/h2-4,7-8,11-12,22-23H,5-6,9-10,13-18H2,1H3,(H,29,33)(H,34,35). The van der Waals surface area contributed by atoms with Crippen LogP contribution in [0.5, 0.6) is 0 Å². The second-order valence-corrected chi connectivity index (χ2v) is 9.42. The van der Waals surface area contributed by atoms with Crippen LogP contribution in [0.3, 0.4) is 0 Å². The minimum absolute atomic E-state index is 0.00919. The molecule has 0 radical (unpaired) electrons. The first-order valence-electron chi connectivity index (χ1n) is 12.8. The maximum atomic E-state index is 12.2. The molecule has 3 heterocycles. The highest BCUT2D eigenvalue weighted by atomic mass is 16.6. The van der Waals surface area contributed by atoms with Gasteiger partial charge >= 0.3 is 18.2 Å². The van der Waals surface area contributed by atoms with E-state index in [9.17, 15) is 19.5 Å². The summed E-state index contributed by atoms with van der Waals surface area (Å²) in [5.41, 5.74) is 2.71. The third-order valence-electron chi connectivity index (χ3n) is 6.65. The van der Waals surface area contributed by atoms with Crippen LogP contribution in [0.2, 0.25) is 0 Å². The van der Waals surface area contributed by atoms with Gasteiger partial charge in [0.2, 0.25) is 0 Å². The third-order valence-corrected chi connectivity index (χ3v) is 6.65. The summed E-state index contributed by atoms with van der Waals surface area (Å²) in [6.45, 7) is 2.86. The predicted octanol–water partition coefficient (Wildman–Crippen LogP) is 2.61. The molecular weight excluding hydrogens is 492 g/mol. The van der Waals surface area contributed by atoms with Crippen LogP contribution >= 0.6 is 0 Å². The van der Waals surface area contributed by atoms with Crippen molar-refractivity contribution in [3.63, 3.8) is 0 Å². The van der Waals surface area contributed by atoms with Gasteiger partial charge in [-0.25, -0.2) is 19.4 Å². The largest absolute Gasteiger partial charge is 0.467 e. The second kappa shape index (κ2) is 13.2. The molecule has 11 nitrogen and oxygen atoms in total. The van der Waals surface area contributed by atoms with Crippen molar-refractivity contribution in [3.05, 3.63) is 59.3 Å². The van der Waals surface area contributed by atoms with E-state index in [1.54, 1.807) is 0 Å². The van der Waals surface area contributed by atoms with Crippen LogP contribution in [0.25, 0.3) is 0 Å². The van der Waals surface area contributed by atoms with Gasteiger partial charge in [0.25, 0.3) is 0 Å². The smallest absolute Gasteiger partial charge is 0.413 e. The topological polar surface area (TPSA) is 131 Å². The summed E-state index contributed by atoms with van der Waals surface area (Å²) in [6.07, 6.45) is 1.57. The maximum absolute atomic E-state index is 12.2. The number of aromatic nitrogens is 1. The molecule has 38 heavy (non-hydrogen) atoms. The first-order valence-corrected chi connectivity index (χ1v) is 12.8. The van der Waals surface area contributed by atoms with Gasteiger partial charge in [-0.3, -0.25) is 9.80 Å². The zero-order valence-corrected chi connectivity index (χ0v) is 21.5. The molecule has 2 aromatic rings. The molecule has 2 aliphatic rings. The average Bonchev–Trinajstić information content (AvgIpc) is 2.91. The van der Waals surface area contributed by atoms with E-state index in [0.29, 0.717) is 12.4 Å². The zero-order chi connectivity index (χ0) is 26.9. The number of hydrogen-bond acceptors (Lipinski definition) is 8. The van der Waals surface area contributed by atoms with Crippen molar-refractivity contribution in [2.75, 3.05) is 44.8 Å². The highest BCUT2D eigenvalue weighted by Gasteiger charge is 2.30. The lowest BCUT2D eigenvalue weighted by Gasteiger charge is -2.39. The Morgan fingerprint density at radius 1 is 1.16 bits per heavy atom. The van der Waals surface area contributed by atoms with Gasteiger partial charge in [-0.15, -0.1) is 0 Å². The number of benzene rings is 1. The number of carbonyl (C=O) groups is 3. The summed E-state index contributed by atoms with van der Waals surface area (Å²) >= 11 is 0. The van der Waals surface area contributed by atoms with Crippen molar-refractivity contribution in [2.24, 2.45) is 0 Å². The number of esters is 1. The Morgan fingerprint density at radius 3 is 2.68 bits per heavy atom. The number of likely N-dealkylation sites (tertiary alicyclic amines) is 1. The molecule has 0 spiro atoms. The minimum Gasteiger partial charge on any atom is -0.467 e. The quantitative estimate of drug-likeness (QED) is 0.424. The summed E-state index contributed by atoms with van der Waals surface area (Å²) in [5, 5.41) is 12.0. The van der Waals surface area contributed by atoms with E-state index >= 15 is 0 Å². The van der Waals surface area contributed by atoms with Gasteiger partial charge in [0.15, 0.2) is 6.04 Å². The molecule has 0 bridgehead atoms.